The lowest BCUT2D eigenvalue weighted by atomic mass is 9.97. The van der Waals surface area contributed by atoms with Crippen molar-refractivity contribution in [3.63, 3.8) is 0 Å². The highest BCUT2D eigenvalue weighted by atomic mass is 32.2. The van der Waals surface area contributed by atoms with Gasteiger partial charge in [-0.15, -0.1) is 0 Å². The number of hydrogen-bond donors (Lipinski definition) is 1. The first-order valence-corrected chi connectivity index (χ1v) is 11.4. The molecule has 0 saturated heterocycles. The maximum absolute atomic E-state index is 13.0. The molecule has 29 heavy (non-hydrogen) atoms. The number of benzene rings is 2. The van der Waals surface area contributed by atoms with E-state index >= 15 is 0 Å². The number of ether oxygens (including phenoxy) is 1. The molecule has 0 aliphatic rings. The number of anilines is 1. The summed E-state index contributed by atoms with van der Waals surface area (Å²) in [6.07, 6.45) is 1.80. The fourth-order valence-electron chi connectivity index (χ4n) is 3.45. The van der Waals surface area contributed by atoms with Crippen molar-refractivity contribution in [3.8, 4) is 5.75 Å². The zero-order valence-electron chi connectivity index (χ0n) is 17.9. The van der Waals surface area contributed by atoms with Crippen LogP contribution in [0.3, 0.4) is 0 Å². The molecule has 0 aliphatic carbocycles. The average molecular weight is 419 g/mol. The fraction of sp³-hybridized carbons (Fsp3) is 0.409. The first kappa shape index (κ1) is 22.7. The van der Waals surface area contributed by atoms with Gasteiger partial charge in [-0.05, 0) is 62.6 Å². The zero-order valence-corrected chi connectivity index (χ0v) is 18.7. The zero-order chi connectivity index (χ0) is 21.8. The number of nitrogens with one attached hydrogen (secondary N) is 1. The maximum Gasteiger partial charge on any atom is 0.244 e. The van der Waals surface area contributed by atoms with Crippen molar-refractivity contribution in [1.29, 1.82) is 0 Å². The molecule has 0 fully saturated rings. The van der Waals surface area contributed by atoms with Crippen LogP contribution in [-0.2, 0) is 14.8 Å². The topological polar surface area (TPSA) is 75.7 Å². The summed E-state index contributed by atoms with van der Waals surface area (Å²) in [5.74, 6) is 0.262. The number of aryl methyl sites for hydroxylation is 2. The standard InChI is InChI=1S/C22H30N2O4S/c1-7-21(20-13-8-15(2)14-16(20)3)23-22(25)17(4)24(29(6,26)27)18-9-11-19(28-5)12-10-18/h8-14,17,21H,7H2,1-6H3,(H,23,25)/t17-,21+/m1/s1. The van der Waals surface area contributed by atoms with E-state index in [1.807, 2.05) is 32.9 Å². The van der Waals surface area contributed by atoms with Gasteiger partial charge in [0, 0.05) is 0 Å². The number of carbonyl (C=O) groups excluding carboxylic acids is 1. The van der Waals surface area contributed by atoms with Crippen molar-refractivity contribution in [2.75, 3.05) is 17.7 Å². The first-order valence-electron chi connectivity index (χ1n) is 9.59. The first-order chi connectivity index (χ1) is 13.6. The molecule has 0 unspecified atom stereocenters. The smallest absolute Gasteiger partial charge is 0.244 e. The molecule has 6 nitrogen and oxygen atoms in total. The minimum Gasteiger partial charge on any atom is -0.497 e. The Balaban J connectivity index is 2.30. The van der Waals surface area contributed by atoms with E-state index in [-0.39, 0.29) is 11.9 Å². The number of hydrogen-bond acceptors (Lipinski definition) is 4. The number of carbonyl (C=O) groups is 1. The van der Waals surface area contributed by atoms with Crippen LogP contribution in [0.4, 0.5) is 5.69 Å². The summed E-state index contributed by atoms with van der Waals surface area (Å²) in [4.78, 5) is 13.0. The predicted molar refractivity (Wildman–Crippen MR) is 117 cm³/mol. The molecule has 0 heterocycles. The Bertz CT molecular complexity index is 955. The van der Waals surface area contributed by atoms with E-state index in [2.05, 4.69) is 11.4 Å². The summed E-state index contributed by atoms with van der Waals surface area (Å²) >= 11 is 0. The van der Waals surface area contributed by atoms with Gasteiger partial charge in [0.25, 0.3) is 0 Å². The van der Waals surface area contributed by atoms with Gasteiger partial charge in [-0.2, -0.15) is 0 Å². The van der Waals surface area contributed by atoms with E-state index in [1.165, 1.54) is 7.11 Å². The van der Waals surface area contributed by atoms with Crippen LogP contribution in [0.5, 0.6) is 5.75 Å². The van der Waals surface area contributed by atoms with E-state index in [9.17, 15) is 13.2 Å². The van der Waals surface area contributed by atoms with Crippen LogP contribution in [0.15, 0.2) is 42.5 Å². The molecule has 0 radical (unpaired) electrons. The summed E-state index contributed by atoms with van der Waals surface area (Å²) in [6, 6.07) is 11.6. The molecule has 2 atom stereocenters. The van der Waals surface area contributed by atoms with Crippen LogP contribution >= 0.6 is 0 Å². The van der Waals surface area contributed by atoms with Crippen molar-refractivity contribution in [2.45, 2.75) is 46.2 Å². The highest BCUT2D eigenvalue weighted by Crippen LogP contribution is 2.26. The van der Waals surface area contributed by atoms with Gasteiger partial charge in [0.1, 0.15) is 11.8 Å². The predicted octanol–water partition coefficient (Wildman–Crippen LogP) is 3.73. The Hall–Kier alpha value is -2.54. The molecule has 0 aliphatic heterocycles. The Morgan fingerprint density at radius 1 is 1.14 bits per heavy atom. The van der Waals surface area contributed by atoms with Crippen molar-refractivity contribution < 1.29 is 17.9 Å². The molecular weight excluding hydrogens is 388 g/mol. The quantitative estimate of drug-likeness (QED) is 0.709. The second-order valence-corrected chi connectivity index (χ2v) is 9.12. The van der Waals surface area contributed by atoms with Crippen LogP contribution in [0.25, 0.3) is 0 Å². The number of nitrogens with zero attached hydrogens (tertiary/aromatic N) is 1. The molecule has 7 heteroatoms. The molecule has 0 spiro atoms. The third kappa shape index (κ3) is 5.50. The lowest BCUT2D eigenvalue weighted by Gasteiger charge is -2.30. The lowest BCUT2D eigenvalue weighted by Crippen LogP contribution is -2.48. The molecule has 1 N–H and O–H groups in total. The van der Waals surface area contributed by atoms with Crippen LogP contribution in [0, 0.1) is 13.8 Å². The molecule has 0 aromatic heterocycles. The summed E-state index contributed by atoms with van der Waals surface area (Å²) in [5, 5.41) is 3.02. The monoisotopic (exact) mass is 418 g/mol. The highest BCUT2D eigenvalue weighted by molar-refractivity contribution is 7.92. The fourth-order valence-corrected chi connectivity index (χ4v) is 4.62. The van der Waals surface area contributed by atoms with Crippen molar-refractivity contribution in [2.24, 2.45) is 0 Å². The van der Waals surface area contributed by atoms with Gasteiger partial charge < -0.3 is 10.1 Å². The third-order valence-electron chi connectivity index (χ3n) is 4.94. The van der Waals surface area contributed by atoms with Crippen LogP contribution in [-0.4, -0.2) is 33.7 Å². The Morgan fingerprint density at radius 3 is 2.24 bits per heavy atom. The van der Waals surface area contributed by atoms with Gasteiger partial charge in [-0.25, -0.2) is 8.42 Å². The van der Waals surface area contributed by atoms with Gasteiger partial charge in [0.2, 0.25) is 15.9 Å². The van der Waals surface area contributed by atoms with Gasteiger partial charge >= 0.3 is 0 Å². The maximum atomic E-state index is 13.0. The number of amides is 1. The number of sulfonamides is 1. The van der Waals surface area contributed by atoms with Crippen molar-refractivity contribution >= 4 is 21.6 Å². The van der Waals surface area contributed by atoms with Crippen LogP contribution < -0.4 is 14.4 Å². The van der Waals surface area contributed by atoms with Gasteiger partial charge in [0.15, 0.2) is 0 Å². The summed E-state index contributed by atoms with van der Waals surface area (Å²) in [7, 11) is -2.13. The molecule has 0 saturated carbocycles. The SMILES string of the molecule is CC[C@H](NC(=O)[C@@H](C)N(c1ccc(OC)cc1)S(C)(=O)=O)c1ccc(C)cc1C. The number of methoxy groups -OCH3 is 1. The van der Waals surface area contributed by atoms with Gasteiger partial charge in [-0.1, -0.05) is 30.7 Å². The van der Waals surface area contributed by atoms with Crippen molar-refractivity contribution in [3.05, 3.63) is 59.2 Å². The average Bonchev–Trinajstić information content (AvgIpc) is 2.66. The number of rotatable bonds is 8. The van der Waals surface area contributed by atoms with E-state index in [1.54, 1.807) is 31.2 Å². The minimum absolute atomic E-state index is 0.192. The van der Waals surface area contributed by atoms with Gasteiger partial charge in [-0.3, -0.25) is 9.10 Å². The second-order valence-electron chi connectivity index (χ2n) is 7.26. The normalized spacial score (nSPS) is 13.4. The lowest BCUT2D eigenvalue weighted by molar-refractivity contribution is -0.122. The van der Waals surface area contributed by atoms with Crippen LogP contribution in [0.1, 0.15) is 43.0 Å². The Kier molecular flexibility index (Phi) is 7.30. The molecule has 2 aromatic carbocycles. The van der Waals surface area contributed by atoms with Gasteiger partial charge in [0.05, 0.1) is 25.1 Å². The summed E-state index contributed by atoms with van der Waals surface area (Å²) in [6.45, 7) is 7.63. The van der Waals surface area contributed by atoms with E-state index < -0.39 is 16.1 Å². The molecule has 2 rings (SSSR count). The van der Waals surface area contributed by atoms with E-state index in [0.29, 0.717) is 17.9 Å². The molecular formula is C22H30N2O4S. The van der Waals surface area contributed by atoms with Crippen LogP contribution in [0.2, 0.25) is 0 Å². The Labute approximate surface area is 173 Å². The van der Waals surface area contributed by atoms with E-state index in [0.717, 1.165) is 27.3 Å². The summed E-state index contributed by atoms with van der Waals surface area (Å²) in [5.41, 5.74) is 3.70. The van der Waals surface area contributed by atoms with Crippen molar-refractivity contribution in [1.82, 2.24) is 5.32 Å². The Morgan fingerprint density at radius 2 is 1.76 bits per heavy atom. The second kappa shape index (κ2) is 9.31. The minimum atomic E-state index is -3.67. The molecule has 0 bridgehead atoms. The molecule has 158 valence electrons. The molecule has 1 amide bonds. The third-order valence-corrected chi connectivity index (χ3v) is 6.18. The largest absolute Gasteiger partial charge is 0.497 e. The molecule has 2 aromatic rings. The highest BCUT2D eigenvalue weighted by Gasteiger charge is 2.30. The summed E-state index contributed by atoms with van der Waals surface area (Å²) < 4.78 is 31.2. The van der Waals surface area contributed by atoms with E-state index in [4.69, 9.17) is 4.74 Å².